The van der Waals surface area contributed by atoms with E-state index in [-0.39, 0.29) is 6.42 Å². The molecule has 1 aromatic rings. The molecule has 0 fully saturated rings. The molecule has 0 bridgehead atoms. The van der Waals surface area contributed by atoms with Crippen molar-refractivity contribution in [1.29, 1.82) is 0 Å². The zero-order valence-corrected chi connectivity index (χ0v) is 10.7. The zero-order valence-electron chi connectivity index (χ0n) is 10.7. The molecule has 0 radical (unpaired) electrons. The van der Waals surface area contributed by atoms with Gasteiger partial charge in [0.05, 0.1) is 26.9 Å². The molecule has 1 aromatic carbocycles. The minimum atomic E-state index is -1.16. The van der Waals surface area contributed by atoms with Gasteiger partial charge in [0.15, 0.2) is 11.5 Å². The molecule has 1 rings (SSSR count). The molecule has 3 N–H and O–H groups in total. The van der Waals surface area contributed by atoms with E-state index in [0.717, 1.165) is 0 Å². The van der Waals surface area contributed by atoms with E-state index in [1.807, 2.05) is 0 Å². The standard InChI is InChI=1S/C12H17NO5/c1-16-9-6-11(18-3)10(17-2)4-7(9)8(13)5-12(14)15/h4,6,8H,5,13H2,1-3H3,(H,14,15)/t8-/m1/s1. The van der Waals surface area contributed by atoms with Crippen LogP contribution in [-0.2, 0) is 4.79 Å². The van der Waals surface area contributed by atoms with Crippen LogP contribution < -0.4 is 25.1 Å². The third kappa shape index (κ3) is 3.04. The van der Waals surface area contributed by atoms with Crippen molar-refractivity contribution in [3.05, 3.63) is 17.7 Å². The van der Waals surface area contributed by atoms with Crippen molar-refractivity contribution in [1.82, 2.24) is 0 Å². The number of quaternary nitrogens is 1. The molecule has 0 saturated heterocycles. The first-order valence-corrected chi connectivity index (χ1v) is 5.36. The summed E-state index contributed by atoms with van der Waals surface area (Å²) in [6.07, 6.45) is -0.189. The van der Waals surface area contributed by atoms with Gasteiger partial charge in [-0.2, -0.15) is 0 Å². The second-order valence-electron chi connectivity index (χ2n) is 3.72. The third-order valence-corrected chi connectivity index (χ3v) is 2.59. The van der Waals surface area contributed by atoms with Gasteiger partial charge in [0, 0.05) is 18.5 Å². The summed E-state index contributed by atoms with van der Waals surface area (Å²) >= 11 is 0. The summed E-state index contributed by atoms with van der Waals surface area (Å²) in [7, 11) is 4.52. The molecule has 0 aliphatic carbocycles. The van der Waals surface area contributed by atoms with E-state index in [4.69, 9.17) is 14.2 Å². The van der Waals surface area contributed by atoms with Gasteiger partial charge in [-0.3, -0.25) is 0 Å². The van der Waals surface area contributed by atoms with Crippen LogP contribution in [0.2, 0.25) is 0 Å². The minimum absolute atomic E-state index is 0.189. The first-order chi connectivity index (χ1) is 8.53. The average molecular weight is 255 g/mol. The smallest absolute Gasteiger partial charge is 0.164 e. The Hall–Kier alpha value is -1.95. The number of carboxylic acid groups (broad SMARTS) is 1. The van der Waals surface area contributed by atoms with Crippen LogP contribution >= 0.6 is 0 Å². The van der Waals surface area contributed by atoms with E-state index in [1.54, 1.807) is 12.1 Å². The highest BCUT2D eigenvalue weighted by atomic mass is 16.5. The Labute approximate surface area is 105 Å². The van der Waals surface area contributed by atoms with E-state index >= 15 is 0 Å². The van der Waals surface area contributed by atoms with Crippen LogP contribution in [0.5, 0.6) is 17.2 Å². The second kappa shape index (κ2) is 6.11. The van der Waals surface area contributed by atoms with Gasteiger partial charge in [-0.25, -0.2) is 0 Å². The molecule has 6 nitrogen and oxygen atoms in total. The number of rotatable bonds is 6. The van der Waals surface area contributed by atoms with Gasteiger partial charge in [0.25, 0.3) is 0 Å². The molecule has 0 amide bonds. The van der Waals surface area contributed by atoms with Crippen LogP contribution in [0.1, 0.15) is 18.0 Å². The maximum Gasteiger partial charge on any atom is 0.164 e. The number of carbonyl (C=O) groups is 1. The maximum absolute atomic E-state index is 10.6. The van der Waals surface area contributed by atoms with Crippen LogP contribution in [0.15, 0.2) is 12.1 Å². The van der Waals surface area contributed by atoms with E-state index in [1.165, 1.54) is 21.3 Å². The number of methoxy groups -OCH3 is 3. The Morgan fingerprint density at radius 1 is 1.17 bits per heavy atom. The summed E-state index contributed by atoms with van der Waals surface area (Å²) in [6.45, 7) is 0. The highest BCUT2D eigenvalue weighted by Gasteiger charge is 2.19. The quantitative estimate of drug-likeness (QED) is 0.713. The van der Waals surface area contributed by atoms with Crippen LogP contribution in [-0.4, -0.2) is 27.3 Å². The van der Waals surface area contributed by atoms with Gasteiger partial charge in [-0.15, -0.1) is 0 Å². The van der Waals surface area contributed by atoms with Crippen molar-refractivity contribution >= 4 is 5.97 Å². The van der Waals surface area contributed by atoms with Crippen molar-refractivity contribution in [3.63, 3.8) is 0 Å². The van der Waals surface area contributed by atoms with Crippen molar-refractivity contribution in [2.45, 2.75) is 12.5 Å². The fraction of sp³-hybridized carbons (Fsp3) is 0.417. The molecule has 1 atom stereocenters. The zero-order chi connectivity index (χ0) is 13.7. The lowest BCUT2D eigenvalue weighted by Gasteiger charge is -2.16. The van der Waals surface area contributed by atoms with Crippen molar-refractivity contribution in [3.8, 4) is 17.2 Å². The van der Waals surface area contributed by atoms with E-state index < -0.39 is 12.0 Å². The number of aliphatic carboxylic acids is 1. The first kappa shape index (κ1) is 14.1. The van der Waals surface area contributed by atoms with Gasteiger partial charge in [0.2, 0.25) is 0 Å². The van der Waals surface area contributed by atoms with Crippen molar-refractivity contribution in [2.24, 2.45) is 0 Å². The Morgan fingerprint density at radius 3 is 2.11 bits per heavy atom. The number of benzene rings is 1. The Morgan fingerprint density at radius 2 is 1.67 bits per heavy atom. The van der Waals surface area contributed by atoms with Crippen LogP contribution in [0.4, 0.5) is 0 Å². The van der Waals surface area contributed by atoms with E-state index in [0.29, 0.717) is 22.8 Å². The Kier molecular flexibility index (Phi) is 4.79. The average Bonchev–Trinajstić information content (AvgIpc) is 2.36. The SMILES string of the molecule is COc1cc(OC)c([C@H]([NH3+])CC(=O)[O-])cc1OC. The van der Waals surface area contributed by atoms with Gasteiger partial charge >= 0.3 is 0 Å². The lowest BCUT2D eigenvalue weighted by molar-refractivity contribution is -0.430. The molecule has 0 heterocycles. The molecular weight excluding hydrogens is 238 g/mol. The molecule has 0 saturated carbocycles. The minimum Gasteiger partial charge on any atom is -0.550 e. The lowest BCUT2D eigenvalue weighted by atomic mass is 10.0. The van der Waals surface area contributed by atoms with Crippen LogP contribution in [0.3, 0.4) is 0 Å². The van der Waals surface area contributed by atoms with Gasteiger partial charge < -0.3 is 29.8 Å². The second-order valence-corrected chi connectivity index (χ2v) is 3.72. The summed E-state index contributed by atoms with van der Waals surface area (Å²) in [5, 5.41) is 10.6. The molecule has 6 heteroatoms. The number of carbonyl (C=O) groups excluding carboxylic acids is 1. The summed E-state index contributed by atoms with van der Waals surface area (Å²) in [5.41, 5.74) is 4.43. The number of ether oxygens (including phenoxy) is 3. The monoisotopic (exact) mass is 255 g/mol. The van der Waals surface area contributed by atoms with Crippen LogP contribution in [0, 0.1) is 0 Å². The summed E-state index contributed by atoms with van der Waals surface area (Å²) in [4.78, 5) is 10.6. The summed E-state index contributed by atoms with van der Waals surface area (Å²) < 4.78 is 15.5. The highest BCUT2D eigenvalue weighted by molar-refractivity contribution is 5.66. The van der Waals surface area contributed by atoms with Crippen LogP contribution in [0.25, 0.3) is 0 Å². The number of hydrogen-bond acceptors (Lipinski definition) is 5. The molecule has 100 valence electrons. The first-order valence-electron chi connectivity index (χ1n) is 5.36. The Bertz CT molecular complexity index is 433. The molecule has 0 aliphatic rings. The topological polar surface area (TPSA) is 95.5 Å². The predicted molar refractivity (Wildman–Crippen MR) is 61.4 cm³/mol. The number of hydrogen-bond donors (Lipinski definition) is 1. The van der Waals surface area contributed by atoms with Crippen molar-refractivity contribution < 1.29 is 29.8 Å². The van der Waals surface area contributed by atoms with E-state index in [2.05, 4.69) is 5.73 Å². The van der Waals surface area contributed by atoms with Gasteiger partial charge in [0.1, 0.15) is 11.8 Å². The third-order valence-electron chi connectivity index (χ3n) is 2.59. The molecule has 18 heavy (non-hydrogen) atoms. The summed E-state index contributed by atoms with van der Waals surface area (Å²) in [6, 6.07) is 2.82. The predicted octanol–water partition coefficient (Wildman–Crippen LogP) is -0.865. The van der Waals surface area contributed by atoms with Gasteiger partial charge in [-0.05, 0) is 6.07 Å². The van der Waals surface area contributed by atoms with E-state index in [9.17, 15) is 9.90 Å². The van der Waals surface area contributed by atoms with Crippen molar-refractivity contribution in [2.75, 3.05) is 21.3 Å². The fourth-order valence-electron chi connectivity index (χ4n) is 1.68. The summed E-state index contributed by atoms with van der Waals surface area (Å²) in [5.74, 6) is 0.361. The fourth-order valence-corrected chi connectivity index (χ4v) is 1.68. The molecule has 0 unspecified atom stereocenters. The van der Waals surface area contributed by atoms with Gasteiger partial charge in [-0.1, -0.05) is 0 Å². The molecule has 0 spiro atoms. The largest absolute Gasteiger partial charge is 0.550 e. The molecule has 0 aliphatic heterocycles. The number of carboxylic acids is 1. The highest BCUT2D eigenvalue weighted by Crippen LogP contribution is 2.36. The Balaban J connectivity index is 3.20. The normalized spacial score (nSPS) is 11.8. The maximum atomic E-state index is 10.6. The molecule has 0 aromatic heterocycles. The lowest BCUT2D eigenvalue weighted by Crippen LogP contribution is -2.55. The molecular formula is C12H17NO5.